The van der Waals surface area contributed by atoms with E-state index in [2.05, 4.69) is 33.4 Å². The van der Waals surface area contributed by atoms with E-state index in [4.69, 9.17) is 0 Å². The van der Waals surface area contributed by atoms with E-state index in [1.165, 1.54) is 30.6 Å². The Labute approximate surface area is 105 Å². The summed E-state index contributed by atoms with van der Waals surface area (Å²) >= 11 is 2.03. The number of allylic oxidation sites excluding steroid dienone is 2. The van der Waals surface area contributed by atoms with Crippen LogP contribution in [0.25, 0.3) is 0 Å². The molecular weight excluding hydrogens is 212 g/mol. The van der Waals surface area contributed by atoms with Gasteiger partial charge in [-0.05, 0) is 49.2 Å². The van der Waals surface area contributed by atoms with Crippen LogP contribution >= 0.6 is 11.8 Å². The van der Waals surface area contributed by atoms with Gasteiger partial charge in [-0.2, -0.15) is 11.8 Å². The van der Waals surface area contributed by atoms with Crippen molar-refractivity contribution in [1.82, 2.24) is 0 Å². The second kappa shape index (κ2) is 4.60. The summed E-state index contributed by atoms with van der Waals surface area (Å²) in [6.07, 6.45) is 6.72. The fraction of sp³-hybridized carbons (Fsp3) is 0.733. The van der Waals surface area contributed by atoms with Crippen LogP contribution in [-0.2, 0) is 0 Å². The number of fused-ring (bicyclic) bond motifs is 1. The zero-order chi connectivity index (χ0) is 11.8. The molecule has 2 atom stereocenters. The van der Waals surface area contributed by atoms with E-state index >= 15 is 0 Å². The molecule has 0 radical (unpaired) electrons. The first kappa shape index (κ1) is 12.3. The van der Waals surface area contributed by atoms with Gasteiger partial charge in [-0.1, -0.05) is 37.6 Å². The molecule has 0 nitrogen and oxygen atoms in total. The summed E-state index contributed by atoms with van der Waals surface area (Å²) in [5.41, 5.74) is 3.63. The highest BCUT2D eigenvalue weighted by Gasteiger charge is 2.49. The molecule has 0 spiro atoms. The largest absolute Gasteiger partial charge is 0.157 e. The van der Waals surface area contributed by atoms with Crippen LogP contribution in [0.2, 0.25) is 0 Å². The van der Waals surface area contributed by atoms with Crippen molar-refractivity contribution in [2.24, 2.45) is 17.3 Å². The van der Waals surface area contributed by atoms with Crippen LogP contribution < -0.4 is 0 Å². The van der Waals surface area contributed by atoms with Crippen molar-refractivity contribution < 1.29 is 0 Å². The first-order valence-electron chi connectivity index (χ1n) is 6.42. The average Bonchev–Trinajstić information content (AvgIpc) is 2.24. The Morgan fingerprint density at radius 3 is 2.81 bits per heavy atom. The van der Waals surface area contributed by atoms with Crippen molar-refractivity contribution in [2.45, 2.75) is 40.0 Å². The van der Waals surface area contributed by atoms with Crippen molar-refractivity contribution in [3.05, 3.63) is 23.8 Å². The van der Waals surface area contributed by atoms with Crippen LogP contribution in [0.1, 0.15) is 40.0 Å². The predicted molar refractivity (Wildman–Crippen MR) is 74.8 cm³/mol. The molecule has 0 N–H and O–H groups in total. The van der Waals surface area contributed by atoms with Crippen LogP contribution in [0.15, 0.2) is 23.8 Å². The summed E-state index contributed by atoms with van der Waals surface area (Å²) in [7, 11) is 0. The zero-order valence-corrected chi connectivity index (χ0v) is 11.7. The number of thioether (sulfide) groups is 1. The van der Waals surface area contributed by atoms with Crippen molar-refractivity contribution in [3.63, 3.8) is 0 Å². The Morgan fingerprint density at radius 2 is 2.31 bits per heavy atom. The lowest BCUT2D eigenvalue weighted by Gasteiger charge is -2.55. The average molecular weight is 236 g/mol. The molecule has 3 aliphatic carbocycles. The lowest BCUT2D eigenvalue weighted by Crippen LogP contribution is -2.46. The van der Waals surface area contributed by atoms with Gasteiger partial charge in [0.05, 0.1) is 0 Å². The minimum absolute atomic E-state index is 0.606. The second-order valence-corrected chi connectivity index (χ2v) is 7.25. The molecule has 1 fully saturated rings. The maximum Gasteiger partial charge on any atom is 0.0137 e. The molecular formula is C15H24S. The molecule has 0 aliphatic heterocycles. The molecule has 0 unspecified atom stereocenters. The maximum atomic E-state index is 3.94. The van der Waals surface area contributed by atoms with Gasteiger partial charge in [0.25, 0.3) is 0 Å². The fourth-order valence-corrected chi connectivity index (χ4v) is 3.89. The van der Waals surface area contributed by atoms with E-state index in [-0.39, 0.29) is 0 Å². The summed E-state index contributed by atoms with van der Waals surface area (Å²) in [4.78, 5) is 0. The third-order valence-corrected chi connectivity index (χ3v) is 5.60. The minimum Gasteiger partial charge on any atom is -0.157 e. The van der Waals surface area contributed by atoms with E-state index in [1.54, 1.807) is 5.57 Å². The van der Waals surface area contributed by atoms with Crippen molar-refractivity contribution in [1.29, 1.82) is 0 Å². The lowest BCUT2D eigenvalue weighted by atomic mass is 9.50. The summed E-state index contributed by atoms with van der Waals surface area (Å²) in [5, 5.41) is 0. The van der Waals surface area contributed by atoms with E-state index in [1.807, 2.05) is 11.8 Å². The van der Waals surface area contributed by atoms with Crippen LogP contribution in [0.4, 0.5) is 0 Å². The van der Waals surface area contributed by atoms with Gasteiger partial charge in [-0.15, -0.1) is 0 Å². The third kappa shape index (κ3) is 2.40. The summed E-state index contributed by atoms with van der Waals surface area (Å²) < 4.78 is 0. The molecule has 0 heterocycles. The summed E-state index contributed by atoms with van der Waals surface area (Å²) in [6.45, 7) is 10.9. The minimum atomic E-state index is 0.606. The lowest BCUT2D eigenvalue weighted by molar-refractivity contribution is -0.00146. The van der Waals surface area contributed by atoms with Crippen molar-refractivity contribution >= 4 is 11.8 Å². The summed E-state index contributed by atoms with van der Waals surface area (Å²) in [6, 6.07) is 0. The van der Waals surface area contributed by atoms with Crippen LogP contribution in [0.5, 0.6) is 0 Å². The van der Waals surface area contributed by atoms with Gasteiger partial charge in [-0.25, -0.2) is 0 Å². The van der Waals surface area contributed by atoms with Crippen LogP contribution in [0.3, 0.4) is 0 Å². The monoisotopic (exact) mass is 236 g/mol. The fourth-order valence-electron chi connectivity index (χ4n) is 2.99. The highest BCUT2D eigenvalue weighted by Crippen LogP contribution is 2.58. The molecule has 1 heteroatoms. The Balaban J connectivity index is 1.75. The molecule has 0 aromatic rings. The molecule has 3 aliphatic rings. The first-order chi connectivity index (χ1) is 7.50. The van der Waals surface area contributed by atoms with Gasteiger partial charge in [0, 0.05) is 5.75 Å². The third-order valence-electron chi connectivity index (χ3n) is 4.41. The van der Waals surface area contributed by atoms with E-state index in [9.17, 15) is 0 Å². The predicted octanol–water partition coefficient (Wildman–Crippen LogP) is 4.68. The highest BCUT2D eigenvalue weighted by molar-refractivity contribution is 7.99. The van der Waals surface area contributed by atoms with Gasteiger partial charge in [0.1, 0.15) is 0 Å². The van der Waals surface area contributed by atoms with Crippen LogP contribution in [0, 0.1) is 17.3 Å². The normalized spacial score (nSPS) is 30.6. The number of rotatable bonds is 5. The molecule has 2 bridgehead atoms. The SMILES string of the molecule is C=C(C)CSCCC1=C[C@H]2C[C@@H](C1)C2(C)C. The standard InChI is InChI=1S/C15H24S/c1-11(2)10-16-6-5-12-7-13-9-14(8-12)15(13,3)4/h7,13-14H,1,5-6,8-10H2,2-4H3/t13-,14+/m0/s1. The van der Waals surface area contributed by atoms with Gasteiger partial charge in [0.2, 0.25) is 0 Å². The molecule has 0 aromatic heterocycles. The molecule has 16 heavy (non-hydrogen) atoms. The van der Waals surface area contributed by atoms with E-state index < -0.39 is 0 Å². The Morgan fingerprint density at radius 1 is 1.56 bits per heavy atom. The van der Waals surface area contributed by atoms with E-state index in [0.29, 0.717) is 5.41 Å². The molecule has 0 amide bonds. The Kier molecular flexibility index (Phi) is 3.53. The molecule has 3 rings (SSSR count). The van der Waals surface area contributed by atoms with Gasteiger partial charge < -0.3 is 0 Å². The van der Waals surface area contributed by atoms with E-state index in [0.717, 1.165) is 17.6 Å². The number of hydrogen-bond acceptors (Lipinski definition) is 1. The van der Waals surface area contributed by atoms with Crippen LogP contribution in [-0.4, -0.2) is 11.5 Å². The second-order valence-electron chi connectivity index (χ2n) is 6.15. The smallest absolute Gasteiger partial charge is 0.0137 e. The number of hydrogen-bond donors (Lipinski definition) is 0. The Bertz CT molecular complexity index is 311. The highest BCUT2D eigenvalue weighted by atomic mass is 32.2. The van der Waals surface area contributed by atoms with Crippen molar-refractivity contribution in [2.75, 3.05) is 11.5 Å². The first-order valence-corrected chi connectivity index (χ1v) is 7.57. The molecule has 0 aromatic carbocycles. The zero-order valence-electron chi connectivity index (χ0n) is 10.9. The van der Waals surface area contributed by atoms with Gasteiger partial charge >= 0.3 is 0 Å². The molecule has 1 saturated carbocycles. The topological polar surface area (TPSA) is 0 Å². The quantitative estimate of drug-likeness (QED) is 0.493. The molecule has 0 saturated heterocycles. The van der Waals surface area contributed by atoms with Gasteiger partial charge in [0.15, 0.2) is 0 Å². The maximum absolute atomic E-state index is 3.94. The summed E-state index contributed by atoms with van der Waals surface area (Å²) in [5.74, 6) is 4.26. The van der Waals surface area contributed by atoms with Crippen molar-refractivity contribution in [3.8, 4) is 0 Å². The Hall–Kier alpha value is -0.170. The van der Waals surface area contributed by atoms with Gasteiger partial charge in [-0.3, -0.25) is 0 Å². The molecule has 90 valence electrons.